The van der Waals surface area contributed by atoms with Gasteiger partial charge in [-0.25, -0.2) is 4.98 Å². The van der Waals surface area contributed by atoms with Crippen molar-refractivity contribution in [3.8, 4) is 11.4 Å². The number of nitrogens with zero attached hydrogens (tertiary/aromatic N) is 3. The molecular formula is C22H15N3O4. The second-order valence-electron chi connectivity index (χ2n) is 6.33. The van der Waals surface area contributed by atoms with Gasteiger partial charge in [0, 0.05) is 18.2 Å². The van der Waals surface area contributed by atoms with Crippen molar-refractivity contribution in [2.24, 2.45) is 0 Å². The number of nitro benzene ring substituents is 1. The van der Waals surface area contributed by atoms with Crippen LogP contribution >= 0.6 is 0 Å². The number of hydrogen-bond donors (Lipinski definition) is 1. The van der Waals surface area contributed by atoms with Gasteiger partial charge in [-0.05, 0) is 35.9 Å². The van der Waals surface area contributed by atoms with Gasteiger partial charge >= 0.3 is 0 Å². The van der Waals surface area contributed by atoms with Crippen LogP contribution in [0.1, 0.15) is 11.4 Å². The van der Waals surface area contributed by atoms with Gasteiger partial charge < -0.3 is 5.11 Å². The molecule has 7 nitrogen and oxygen atoms in total. The smallest absolute Gasteiger partial charge is 0.270 e. The van der Waals surface area contributed by atoms with E-state index in [-0.39, 0.29) is 17.0 Å². The standard InChI is InChI=1S/C22H15N3O4/c26-18-8-4-6-16(14-18)24-21(23-20-10-2-1-9-19(20)22(24)27)12-11-15-5-3-7-17(13-15)25(28)29/h1-14,26H/b12-11-. The minimum absolute atomic E-state index is 0.0241. The average molecular weight is 385 g/mol. The number of para-hydroxylation sites is 1. The molecule has 0 bridgehead atoms. The van der Waals surface area contributed by atoms with Gasteiger partial charge in [0.25, 0.3) is 11.2 Å². The van der Waals surface area contributed by atoms with Crippen molar-refractivity contribution in [3.05, 3.63) is 105 Å². The number of aromatic hydroxyl groups is 1. The van der Waals surface area contributed by atoms with Gasteiger partial charge in [0.05, 0.1) is 21.5 Å². The molecule has 4 aromatic rings. The van der Waals surface area contributed by atoms with Crippen LogP contribution in [0.4, 0.5) is 5.69 Å². The second kappa shape index (κ2) is 7.40. The van der Waals surface area contributed by atoms with Crippen molar-refractivity contribution in [2.75, 3.05) is 0 Å². The van der Waals surface area contributed by atoms with E-state index in [4.69, 9.17) is 0 Å². The Morgan fingerprint density at radius 2 is 1.76 bits per heavy atom. The molecule has 0 atom stereocenters. The van der Waals surface area contributed by atoms with E-state index in [1.807, 2.05) is 0 Å². The molecule has 0 aliphatic carbocycles. The number of benzene rings is 3. The fourth-order valence-electron chi connectivity index (χ4n) is 3.06. The lowest BCUT2D eigenvalue weighted by molar-refractivity contribution is -0.384. The summed E-state index contributed by atoms with van der Waals surface area (Å²) in [6.45, 7) is 0. The zero-order valence-corrected chi connectivity index (χ0v) is 15.1. The molecule has 3 aromatic carbocycles. The lowest BCUT2D eigenvalue weighted by Gasteiger charge is -2.11. The zero-order chi connectivity index (χ0) is 20.4. The first-order chi connectivity index (χ1) is 14.0. The Balaban J connectivity index is 1.91. The summed E-state index contributed by atoms with van der Waals surface area (Å²) in [4.78, 5) is 28.2. The molecule has 0 saturated carbocycles. The summed E-state index contributed by atoms with van der Waals surface area (Å²) >= 11 is 0. The number of nitro groups is 1. The van der Waals surface area contributed by atoms with Gasteiger partial charge in [-0.1, -0.05) is 36.4 Å². The Morgan fingerprint density at radius 3 is 2.55 bits per heavy atom. The van der Waals surface area contributed by atoms with E-state index < -0.39 is 4.92 Å². The molecule has 4 rings (SSSR count). The molecule has 142 valence electrons. The van der Waals surface area contributed by atoms with Gasteiger partial charge in [-0.15, -0.1) is 0 Å². The molecule has 0 aliphatic rings. The van der Waals surface area contributed by atoms with Crippen molar-refractivity contribution < 1.29 is 10.0 Å². The third kappa shape index (κ3) is 3.61. The number of phenols is 1. The summed E-state index contributed by atoms with van der Waals surface area (Å²) in [5.41, 5.74) is 1.30. The van der Waals surface area contributed by atoms with Crippen LogP contribution in [0, 0.1) is 10.1 Å². The number of non-ortho nitro benzene ring substituents is 1. The summed E-state index contributed by atoms with van der Waals surface area (Å²) < 4.78 is 1.40. The fourth-order valence-corrected chi connectivity index (χ4v) is 3.06. The normalized spacial score (nSPS) is 11.2. The maximum atomic E-state index is 13.1. The van der Waals surface area contributed by atoms with Gasteiger partial charge in [-0.3, -0.25) is 19.5 Å². The summed E-state index contributed by atoms with van der Waals surface area (Å²) in [6.07, 6.45) is 3.28. The fraction of sp³-hybridized carbons (Fsp3) is 0. The molecule has 0 unspecified atom stereocenters. The summed E-state index contributed by atoms with van der Waals surface area (Å²) in [5, 5.41) is 21.3. The van der Waals surface area contributed by atoms with Crippen molar-refractivity contribution in [3.63, 3.8) is 0 Å². The number of hydrogen-bond acceptors (Lipinski definition) is 5. The Labute approximate surface area is 165 Å². The first kappa shape index (κ1) is 18.1. The zero-order valence-electron chi connectivity index (χ0n) is 15.1. The predicted octanol–water partition coefficient (Wildman–Crippen LogP) is 4.17. The second-order valence-corrected chi connectivity index (χ2v) is 6.33. The van der Waals surface area contributed by atoms with E-state index in [9.17, 15) is 20.0 Å². The van der Waals surface area contributed by atoms with Gasteiger partial charge in [0.1, 0.15) is 11.6 Å². The first-order valence-electron chi connectivity index (χ1n) is 8.77. The minimum Gasteiger partial charge on any atom is -0.508 e. The summed E-state index contributed by atoms with van der Waals surface area (Å²) in [7, 11) is 0. The van der Waals surface area contributed by atoms with Crippen molar-refractivity contribution in [1.29, 1.82) is 0 Å². The van der Waals surface area contributed by atoms with Gasteiger partial charge in [-0.2, -0.15) is 0 Å². The van der Waals surface area contributed by atoms with E-state index >= 15 is 0 Å². The highest BCUT2D eigenvalue weighted by atomic mass is 16.6. The molecule has 0 spiro atoms. The van der Waals surface area contributed by atoms with Crippen molar-refractivity contribution in [2.45, 2.75) is 0 Å². The third-order valence-electron chi connectivity index (χ3n) is 4.40. The molecule has 0 aliphatic heterocycles. The SMILES string of the molecule is O=c1c2ccccc2nc(/C=C\c2cccc([N+](=O)[O-])c2)n1-c1cccc(O)c1. The summed E-state index contributed by atoms with van der Waals surface area (Å²) in [6, 6.07) is 19.5. The number of aromatic nitrogens is 2. The van der Waals surface area contributed by atoms with Crippen LogP contribution in [0.15, 0.2) is 77.6 Å². The monoisotopic (exact) mass is 385 g/mol. The number of fused-ring (bicyclic) bond motifs is 1. The molecule has 1 heterocycles. The summed E-state index contributed by atoms with van der Waals surface area (Å²) in [5.74, 6) is 0.363. The molecule has 1 aromatic heterocycles. The van der Waals surface area contributed by atoms with E-state index in [1.54, 1.807) is 60.7 Å². The molecule has 1 N–H and O–H groups in total. The maximum absolute atomic E-state index is 13.1. The van der Waals surface area contributed by atoms with Crippen LogP contribution in [0.25, 0.3) is 28.7 Å². The highest BCUT2D eigenvalue weighted by Crippen LogP contribution is 2.19. The Hall–Kier alpha value is -4.26. The van der Waals surface area contributed by atoms with Crippen molar-refractivity contribution >= 4 is 28.7 Å². The van der Waals surface area contributed by atoms with E-state index in [1.165, 1.54) is 28.8 Å². The number of phenolic OH excluding ortho intramolecular Hbond substituents is 1. The van der Waals surface area contributed by atoms with Crippen molar-refractivity contribution in [1.82, 2.24) is 9.55 Å². The van der Waals surface area contributed by atoms with Crippen LogP contribution in [0.3, 0.4) is 0 Å². The van der Waals surface area contributed by atoms with Crippen LogP contribution < -0.4 is 5.56 Å². The highest BCUT2D eigenvalue weighted by Gasteiger charge is 2.11. The maximum Gasteiger partial charge on any atom is 0.270 e. The molecule has 0 radical (unpaired) electrons. The predicted molar refractivity (Wildman–Crippen MR) is 111 cm³/mol. The van der Waals surface area contributed by atoms with Crippen LogP contribution in [-0.2, 0) is 0 Å². The van der Waals surface area contributed by atoms with E-state index in [0.717, 1.165) is 0 Å². The minimum atomic E-state index is -0.464. The molecular weight excluding hydrogens is 370 g/mol. The Kier molecular flexibility index (Phi) is 4.62. The van der Waals surface area contributed by atoms with Gasteiger partial charge in [0.2, 0.25) is 0 Å². The van der Waals surface area contributed by atoms with E-state index in [0.29, 0.717) is 28.0 Å². The number of rotatable bonds is 4. The van der Waals surface area contributed by atoms with Crippen LogP contribution in [-0.4, -0.2) is 19.6 Å². The topological polar surface area (TPSA) is 98.3 Å². The Morgan fingerprint density at radius 1 is 0.966 bits per heavy atom. The molecule has 0 saturated heterocycles. The molecule has 0 fully saturated rings. The first-order valence-corrected chi connectivity index (χ1v) is 8.77. The van der Waals surface area contributed by atoms with Crippen LogP contribution in [0.5, 0.6) is 5.75 Å². The largest absolute Gasteiger partial charge is 0.508 e. The van der Waals surface area contributed by atoms with Gasteiger partial charge in [0.15, 0.2) is 0 Å². The van der Waals surface area contributed by atoms with E-state index in [2.05, 4.69) is 4.98 Å². The Bertz CT molecular complexity index is 1330. The molecule has 7 heteroatoms. The third-order valence-corrected chi connectivity index (χ3v) is 4.40. The van der Waals surface area contributed by atoms with Crippen LogP contribution in [0.2, 0.25) is 0 Å². The highest BCUT2D eigenvalue weighted by molar-refractivity contribution is 5.80. The lowest BCUT2D eigenvalue weighted by Crippen LogP contribution is -2.22. The molecule has 0 amide bonds. The quantitative estimate of drug-likeness (QED) is 0.420. The lowest BCUT2D eigenvalue weighted by atomic mass is 10.2. The average Bonchev–Trinajstić information content (AvgIpc) is 2.72. The molecule has 29 heavy (non-hydrogen) atoms.